The van der Waals surface area contributed by atoms with Crippen LogP contribution >= 0.6 is 0 Å². The molecular formula is C29H42N8O3. The molecule has 0 aliphatic heterocycles. The fraction of sp³-hybridized carbons (Fsp3) is 0.448. The van der Waals surface area contributed by atoms with Crippen molar-refractivity contribution in [3.8, 4) is 22.6 Å². The van der Waals surface area contributed by atoms with E-state index in [0.29, 0.717) is 53.7 Å². The van der Waals surface area contributed by atoms with E-state index in [1.807, 2.05) is 57.2 Å². The number of fused-ring (bicyclic) bond motifs is 1. The normalized spacial score (nSPS) is 11.1. The molecule has 1 aromatic carbocycles. The zero-order valence-corrected chi connectivity index (χ0v) is 24.1. The van der Waals surface area contributed by atoms with E-state index < -0.39 is 5.54 Å². The monoisotopic (exact) mass is 550 g/mol. The van der Waals surface area contributed by atoms with Gasteiger partial charge in [0.25, 0.3) is 0 Å². The third-order valence-corrected chi connectivity index (χ3v) is 5.81. The molecule has 0 radical (unpaired) electrons. The lowest BCUT2D eigenvalue weighted by Gasteiger charge is -2.22. The van der Waals surface area contributed by atoms with Crippen molar-refractivity contribution in [3.05, 3.63) is 36.4 Å². The number of hydrogen-bond acceptors (Lipinski definition) is 7. The van der Waals surface area contributed by atoms with Gasteiger partial charge in [-0.15, -0.1) is 0 Å². The van der Waals surface area contributed by atoms with Crippen LogP contribution in [0.4, 0.5) is 16.4 Å². The summed E-state index contributed by atoms with van der Waals surface area (Å²) in [6.07, 6.45) is 4.02. The molecule has 0 unspecified atom stereocenters. The van der Waals surface area contributed by atoms with Crippen LogP contribution in [0.2, 0.25) is 0 Å². The fourth-order valence-corrected chi connectivity index (χ4v) is 3.97. The minimum Gasteiger partial charge on any atom is -0.496 e. The van der Waals surface area contributed by atoms with E-state index in [4.69, 9.17) is 30.9 Å². The number of anilines is 2. The maximum Gasteiger partial charge on any atom is 0.320 e. The second-order valence-corrected chi connectivity index (χ2v) is 10.5. The Morgan fingerprint density at radius 2 is 1.82 bits per heavy atom. The largest absolute Gasteiger partial charge is 0.496 e. The van der Waals surface area contributed by atoms with Gasteiger partial charge in [0.1, 0.15) is 23.1 Å². The number of nitrogens with two attached hydrogens (primary N) is 2. The van der Waals surface area contributed by atoms with Gasteiger partial charge in [-0.1, -0.05) is 19.8 Å². The molecule has 3 rings (SSSR count). The van der Waals surface area contributed by atoms with E-state index in [1.54, 1.807) is 7.11 Å². The number of carbonyl (C=O) groups excluding carboxylic acids is 1. The summed E-state index contributed by atoms with van der Waals surface area (Å²) in [6.45, 7) is 9.64. The number of pyridine rings is 2. The highest BCUT2D eigenvalue weighted by molar-refractivity contribution is 5.97. The Balaban J connectivity index is 1.99. The molecule has 0 atom stereocenters. The molecule has 7 N–H and O–H groups in total. The van der Waals surface area contributed by atoms with Crippen LogP contribution in [-0.4, -0.2) is 54.3 Å². The van der Waals surface area contributed by atoms with Crippen LogP contribution in [0.3, 0.4) is 0 Å². The Kier molecular flexibility index (Phi) is 10.7. The second-order valence-electron chi connectivity index (χ2n) is 10.5. The molecule has 0 aliphatic carbocycles. The van der Waals surface area contributed by atoms with Crippen molar-refractivity contribution in [1.82, 2.24) is 15.3 Å². The van der Waals surface area contributed by atoms with Gasteiger partial charge in [-0.25, -0.2) is 14.8 Å². The van der Waals surface area contributed by atoms with Crippen molar-refractivity contribution in [2.75, 3.05) is 37.4 Å². The third-order valence-electron chi connectivity index (χ3n) is 5.81. The van der Waals surface area contributed by atoms with Crippen LogP contribution < -0.4 is 36.9 Å². The smallest absolute Gasteiger partial charge is 0.320 e. The molecule has 0 fully saturated rings. The maximum absolute atomic E-state index is 12.9. The Morgan fingerprint density at radius 3 is 2.52 bits per heavy atom. The first-order chi connectivity index (χ1) is 19.1. The van der Waals surface area contributed by atoms with Crippen molar-refractivity contribution in [2.45, 2.75) is 58.9 Å². The number of aliphatic imine (C=N–C) groups is 1. The van der Waals surface area contributed by atoms with Gasteiger partial charge in [0.15, 0.2) is 11.6 Å². The number of guanidine groups is 1. The second kappa shape index (κ2) is 14.2. The van der Waals surface area contributed by atoms with Gasteiger partial charge in [0, 0.05) is 41.6 Å². The Bertz CT molecular complexity index is 1320. The highest BCUT2D eigenvalue weighted by atomic mass is 16.5. The molecule has 216 valence electrons. The van der Waals surface area contributed by atoms with E-state index in [-0.39, 0.29) is 12.0 Å². The molecular weight excluding hydrogens is 508 g/mol. The molecule has 3 aromatic rings. The van der Waals surface area contributed by atoms with Gasteiger partial charge in [0.05, 0.1) is 13.7 Å². The summed E-state index contributed by atoms with van der Waals surface area (Å²) in [5.74, 6) is 2.39. The molecule has 40 heavy (non-hydrogen) atoms. The molecule has 0 saturated carbocycles. The van der Waals surface area contributed by atoms with Crippen LogP contribution in [0.1, 0.15) is 53.4 Å². The third kappa shape index (κ3) is 9.18. The summed E-state index contributed by atoms with van der Waals surface area (Å²) in [6, 6.07) is 11.0. The van der Waals surface area contributed by atoms with Crippen LogP contribution in [0.25, 0.3) is 22.2 Å². The number of amides is 2. The summed E-state index contributed by atoms with van der Waals surface area (Å²) in [7, 11) is 1.60. The van der Waals surface area contributed by atoms with E-state index in [0.717, 1.165) is 37.0 Å². The number of nitrogens with zero attached hydrogens (tertiary/aromatic N) is 3. The summed E-state index contributed by atoms with van der Waals surface area (Å²) in [5, 5.41) is 10.0. The quantitative estimate of drug-likeness (QED) is 0.114. The van der Waals surface area contributed by atoms with Gasteiger partial charge < -0.3 is 31.6 Å². The first-order valence-electron chi connectivity index (χ1n) is 13.6. The Morgan fingerprint density at radius 1 is 1.02 bits per heavy atom. The van der Waals surface area contributed by atoms with E-state index in [9.17, 15) is 4.79 Å². The molecule has 2 aromatic heterocycles. The molecule has 2 amide bonds. The van der Waals surface area contributed by atoms with Crippen molar-refractivity contribution < 1.29 is 14.3 Å². The number of rotatable bonds is 13. The first kappa shape index (κ1) is 30.3. The highest BCUT2D eigenvalue weighted by Crippen LogP contribution is 2.38. The van der Waals surface area contributed by atoms with Crippen LogP contribution in [0.15, 0.2) is 41.4 Å². The topological polar surface area (TPSA) is 162 Å². The van der Waals surface area contributed by atoms with Gasteiger partial charge in [0.2, 0.25) is 0 Å². The predicted octanol–water partition coefficient (Wildman–Crippen LogP) is 4.87. The Hall–Kier alpha value is -4.28. The zero-order chi connectivity index (χ0) is 29.1. The zero-order valence-electron chi connectivity index (χ0n) is 24.1. The number of nitrogens with one attached hydrogen (secondary N) is 3. The summed E-state index contributed by atoms with van der Waals surface area (Å²) in [4.78, 5) is 26.4. The summed E-state index contributed by atoms with van der Waals surface area (Å²) < 4.78 is 11.6. The molecule has 0 spiro atoms. The van der Waals surface area contributed by atoms with Crippen LogP contribution in [0.5, 0.6) is 11.5 Å². The minimum absolute atomic E-state index is 0.0555. The number of ether oxygens (including phenoxy) is 2. The number of unbranched alkanes of at least 4 members (excludes halogenated alkanes) is 2. The predicted molar refractivity (Wildman–Crippen MR) is 162 cm³/mol. The van der Waals surface area contributed by atoms with Gasteiger partial charge in [-0.3, -0.25) is 10.3 Å². The standard InChI is InChI=1S/C29H42N8O3/c1-6-7-8-14-32-24-13-10-19-17-22(26(35-25(19)34-24)36-28(38)37-29(2,3)4)21-18-20(11-12-23(21)39-5)40-16-9-15-33-27(30)31/h10-13,17-18H,6-9,14-16H2,1-5H3,(H4,30,31,33)(H3,32,34,35,36,37,38). The molecule has 0 bridgehead atoms. The SMILES string of the molecule is CCCCCNc1ccc2cc(-c3cc(OCCCN=C(N)N)ccc3OC)c(NC(=O)NC(C)(C)C)nc2n1. The number of aromatic nitrogens is 2. The molecule has 0 aliphatic rings. The molecule has 0 saturated heterocycles. The van der Waals surface area contributed by atoms with Crippen LogP contribution in [-0.2, 0) is 0 Å². The first-order valence-corrected chi connectivity index (χ1v) is 13.6. The minimum atomic E-state index is -0.432. The summed E-state index contributed by atoms with van der Waals surface area (Å²) >= 11 is 0. The average Bonchev–Trinajstić information content (AvgIpc) is 2.89. The maximum atomic E-state index is 12.9. The number of urea groups is 1. The number of hydrogen-bond donors (Lipinski definition) is 5. The van der Waals surface area contributed by atoms with Gasteiger partial charge in [-0.2, -0.15) is 0 Å². The summed E-state index contributed by atoms with van der Waals surface area (Å²) in [5.41, 5.74) is 12.2. The molecule has 11 nitrogen and oxygen atoms in total. The average molecular weight is 551 g/mol. The van der Waals surface area contributed by atoms with Gasteiger partial charge >= 0.3 is 6.03 Å². The van der Waals surface area contributed by atoms with Crippen molar-refractivity contribution in [1.29, 1.82) is 0 Å². The van der Waals surface area contributed by atoms with Crippen molar-refractivity contribution >= 4 is 34.7 Å². The number of benzene rings is 1. The van der Waals surface area contributed by atoms with Gasteiger partial charge in [-0.05, 0) is 63.6 Å². The molecule has 11 heteroatoms. The van der Waals surface area contributed by atoms with Crippen LogP contribution in [0, 0.1) is 0 Å². The van der Waals surface area contributed by atoms with E-state index >= 15 is 0 Å². The lowest BCUT2D eigenvalue weighted by molar-refractivity contribution is 0.243. The lowest BCUT2D eigenvalue weighted by Crippen LogP contribution is -2.43. The van der Waals surface area contributed by atoms with Crippen molar-refractivity contribution in [2.24, 2.45) is 16.5 Å². The Labute approximate surface area is 236 Å². The number of carbonyl (C=O) groups is 1. The highest BCUT2D eigenvalue weighted by Gasteiger charge is 2.20. The number of methoxy groups -OCH3 is 1. The fourth-order valence-electron chi connectivity index (χ4n) is 3.97. The van der Waals surface area contributed by atoms with E-state index in [1.165, 1.54) is 0 Å². The lowest BCUT2D eigenvalue weighted by atomic mass is 10.0. The van der Waals surface area contributed by atoms with E-state index in [2.05, 4.69) is 27.9 Å². The van der Waals surface area contributed by atoms with Crippen molar-refractivity contribution in [3.63, 3.8) is 0 Å². The molecule has 2 heterocycles.